The predicted molar refractivity (Wildman–Crippen MR) is 75.3 cm³/mol. The largest absolute Gasteiger partial charge is 0.391 e. The third-order valence-corrected chi connectivity index (χ3v) is 3.71. The lowest BCUT2D eigenvalue weighted by Crippen LogP contribution is -2.65. The topological polar surface area (TPSA) is 69.6 Å². The van der Waals surface area contributed by atoms with Crippen LogP contribution in [0.4, 0.5) is 0 Å². The van der Waals surface area contributed by atoms with Crippen LogP contribution in [0.1, 0.15) is 12.5 Å². The highest BCUT2D eigenvalue weighted by Gasteiger charge is 2.40. The van der Waals surface area contributed by atoms with E-state index in [1.165, 1.54) is 18.9 Å². The predicted octanol–water partition coefficient (Wildman–Crippen LogP) is 0.589. The molecule has 20 heavy (non-hydrogen) atoms. The van der Waals surface area contributed by atoms with Gasteiger partial charge in [0.1, 0.15) is 12.1 Å². The van der Waals surface area contributed by atoms with Crippen LogP contribution in [0.3, 0.4) is 0 Å². The molecule has 1 saturated heterocycles. The Bertz CT molecular complexity index is 516. The summed E-state index contributed by atoms with van der Waals surface area (Å²) in [6, 6.07) is 5.70. The van der Waals surface area contributed by atoms with Crippen LogP contribution in [0.25, 0.3) is 0 Å². The number of aliphatic hydroxyl groups is 1. The molecule has 6 heteroatoms. The number of carbonyl (C=O) groups is 2. The van der Waals surface area contributed by atoms with Crippen LogP contribution >= 0.6 is 11.6 Å². The molecular weight excluding hydrogens is 280 g/mol. The summed E-state index contributed by atoms with van der Waals surface area (Å²) < 4.78 is 0. The minimum absolute atomic E-state index is 0.203. The Hall–Kier alpha value is -1.59. The minimum Gasteiger partial charge on any atom is -0.391 e. The van der Waals surface area contributed by atoms with Gasteiger partial charge >= 0.3 is 0 Å². The molecule has 0 unspecified atom stereocenters. The van der Waals surface area contributed by atoms with Gasteiger partial charge in [0, 0.05) is 18.5 Å². The quantitative estimate of drug-likeness (QED) is 0.858. The Balaban J connectivity index is 2.12. The Morgan fingerprint density at radius 2 is 1.95 bits per heavy atom. The van der Waals surface area contributed by atoms with E-state index in [1.807, 2.05) is 12.1 Å². The molecule has 108 valence electrons. The second kappa shape index (κ2) is 5.81. The number of amides is 2. The summed E-state index contributed by atoms with van der Waals surface area (Å²) in [4.78, 5) is 25.5. The van der Waals surface area contributed by atoms with Gasteiger partial charge in [-0.05, 0) is 24.6 Å². The zero-order valence-corrected chi connectivity index (χ0v) is 12.1. The number of hydrogen-bond donors (Lipinski definition) is 2. The maximum Gasteiger partial charge on any atom is 0.246 e. The van der Waals surface area contributed by atoms with Gasteiger partial charge in [0.05, 0.1) is 6.10 Å². The van der Waals surface area contributed by atoms with Gasteiger partial charge in [0.15, 0.2) is 0 Å². The van der Waals surface area contributed by atoms with Crippen molar-refractivity contribution in [3.8, 4) is 0 Å². The average Bonchev–Trinajstić information content (AvgIpc) is 2.38. The highest BCUT2D eigenvalue weighted by Crippen LogP contribution is 2.16. The van der Waals surface area contributed by atoms with Gasteiger partial charge < -0.3 is 15.3 Å². The number of benzene rings is 1. The summed E-state index contributed by atoms with van der Waals surface area (Å²) in [5.41, 5.74) is 0.914. The van der Waals surface area contributed by atoms with E-state index in [-0.39, 0.29) is 11.8 Å². The molecule has 0 aliphatic carbocycles. The molecule has 0 radical (unpaired) electrons. The number of piperazine rings is 1. The van der Waals surface area contributed by atoms with Gasteiger partial charge in [0.2, 0.25) is 11.8 Å². The number of halogens is 1. The van der Waals surface area contributed by atoms with Crippen molar-refractivity contribution in [3.05, 3.63) is 34.9 Å². The molecule has 0 spiro atoms. The van der Waals surface area contributed by atoms with Gasteiger partial charge in [-0.3, -0.25) is 9.59 Å². The second-order valence-corrected chi connectivity index (χ2v) is 5.46. The first-order valence-corrected chi connectivity index (χ1v) is 6.77. The lowest BCUT2D eigenvalue weighted by molar-refractivity contribution is -0.151. The van der Waals surface area contributed by atoms with Crippen molar-refractivity contribution in [1.29, 1.82) is 0 Å². The lowest BCUT2D eigenvalue weighted by Gasteiger charge is -2.37. The first-order valence-electron chi connectivity index (χ1n) is 6.39. The Kier molecular flexibility index (Phi) is 4.30. The van der Waals surface area contributed by atoms with Gasteiger partial charge in [-0.25, -0.2) is 0 Å². The van der Waals surface area contributed by atoms with Crippen LogP contribution in [0.15, 0.2) is 24.3 Å². The van der Waals surface area contributed by atoms with E-state index in [1.54, 1.807) is 12.1 Å². The Morgan fingerprint density at radius 3 is 2.50 bits per heavy atom. The number of likely N-dealkylation sites (N-methyl/N-ethyl adjacent to an activating group) is 1. The molecule has 1 aromatic carbocycles. The van der Waals surface area contributed by atoms with Crippen molar-refractivity contribution >= 4 is 23.4 Å². The van der Waals surface area contributed by atoms with E-state index >= 15 is 0 Å². The van der Waals surface area contributed by atoms with Crippen LogP contribution in [0, 0.1) is 0 Å². The molecule has 1 fully saturated rings. The normalized spacial score (nSPS) is 24.5. The van der Waals surface area contributed by atoms with Gasteiger partial charge in [-0.2, -0.15) is 0 Å². The number of nitrogens with one attached hydrogen (secondary N) is 1. The van der Waals surface area contributed by atoms with E-state index < -0.39 is 18.2 Å². The molecule has 2 N–H and O–H groups in total. The molecule has 1 aliphatic rings. The molecule has 0 bridgehead atoms. The molecule has 0 aromatic heterocycles. The van der Waals surface area contributed by atoms with E-state index in [4.69, 9.17) is 11.6 Å². The summed E-state index contributed by atoms with van der Waals surface area (Å²) >= 11 is 5.81. The van der Waals surface area contributed by atoms with Gasteiger partial charge in [-0.15, -0.1) is 0 Å². The fourth-order valence-corrected chi connectivity index (χ4v) is 2.54. The van der Waals surface area contributed by atoms with Crippen molar-refractivity contribution in [2.45, 2.75) is 31.5 Å². The second-order valence-electron chi connectivity index (χ2n) is 5.03. The van der Waals surface area contributed by atoms with Gasteiger partial charge in [-0.1, -0.05) is 23.7 Å². The van der Waals surface area contributed by atoms with Crippen LogP contribution in [0.5, 0.6) is 0 Å². The molecule has 1 aromatic rings. The number of aliphatic hydroxyl groups excluding tert-OH is 1. The van der Waals surface area contributed by atoms with Crippen molar-refractivity contribution in [2.75, 3.05) is 7.05 Å². The highest BCUT2D eigenvalue weighted by atomic mass is 35.5. The average molecular weight is 297 g/mol. The fraction of sp³-hybridized carbons (Fsp3) is 0.429. The number of rotatable bonds is 3. The SMILES string of the molecule is C[C@H](O)[C@H]1C(=O)N[C@@H](Cc2ccc(Cl)cc2)C(=O)N1C. The first-order chi connectivity index (χ1) is 9.40. The summed E-state index contributed by atoms with van der Waals surface area (Å²) in [6.07, 6.45) is -0.501. The monoisotopic (exact) mass is 296 g/mol. The third kappa shape index (κ3) is 2.94. The smallest absolute Gasteiger partial charge is 0.246 e. The van der Waals surface area contributed by atoms with Crippen LogP contribution in [-0.4, -0.2) is 47.1 Å². The Labute approximate surface area is 122 Å². The highest BCUT2D eigenvalue weighted by molar-refractivity contribution is 6.30. The van der Waals surface area contributed by atoms with E-state index in [9.17, 15) is 14.7 Å². The lowest BCUT2D eigenvalue weighted by atomic mass is 9.99. The molecular formula is C14H17ClN2O3. The fourth-order valence-electron chi connectivity index (χ4n) is 2.41. The standard InChI is InChI=1S/C14H17ClN2O3/c1-8(18)12-13(19)16-11(14(20)17(12)2)7-9-3-5-10(15)6-4-9/h3-6,8,11-12,18H,7H2,1-2H3,(H,16,19)/t8-,11-,12-/m0/s1. The molecule has 3 atom stereocenters. The number of nitrogens with zero attached hydrogens (tertiary/aromatic N) is 1. The zero-order chi connectivity index (χ0) is 14.9. The zero-order valence-electron chi connectivity index (χ0n) is 11.3. The van der Waals surface area contributed by atoms with Crippen molar-refractivity contribution in [3.63, 3.8) is 0 Å². The van der Waals surface area contributed by atoms with Crippen molar-refractivity contribution in [1.82, 2.24) is 10.2 Å². The minimum atomic E-state index is -0.902. The van der Waals surface area contributed by atoms with Crippen molar-refractivity contribution in [2.24, 2.45) is 0 Å². The maximum absolute atomic E-state index is 12.2. The van der Waals surface area contributed by atoms with E-state index in [0.717, 1.165) is 5.56 Å². The first kappa shape index (κ1) is 14.8. The summed E-state index contributed by atoms with van der Waals surface area (Å²) in [5.74, 6) is -0.536. The Morgan fingerprint density at radius 1 is 1.35 bits per heavy atom. The molecule has 0 saturated carbocycles. The maximum atomic E-state index is 12.2. The molecule has 2 rings (SSSR count). The van der Waals surface area contributed by atoms with Crippen LogP contribution < -0.4 is 5.32 Å². The van der Waals surface area contributed by atoms with E-state index in [0.29, 0.717) is 11.4 Å². The number of hydrogen-bond acceptors (Lipinski definition) is 3. The van der Waals surface area contributed by atoms with Crippen LogP contribution in [0.2, 0.25) is 5.02 Å². The molecule has 5 nitrogen and oxygen atoms in total. The van der Waals surface area contributed by atoms with Crippen LogP contribution in [-0.2, 0) is 16.0 Å². The molecule has 2 amide bonds. The summed E-state index contributed by atoms with van der Waals surface area (Å²) in [5, 5.41) is 12.9. The molecule has 1 heterocycles. The summed E-state index contributed by atoms with van der Waals surface area (Å²) in [6.45, 7) is 1.49. The van der Waals surface area contributed by atoms with Gasteiger partial charge in [0.25, 0.3) is 0 Å². The van der Waals surface area contributed by atoms with Crippen molar-refractivity contribution < 1.29 is 14.7 Å². The molecule has 1 aliphatic heterocycles. The van der Waals surface area contributed by atoms with E-state index in [2.05, 4.69) is 5.32 Å². The third-order valence-electron chi connectivity index (χ3n) is 3.46. The summed E-state index contributed by atoms with van der Waals surface area (Å²) in [7, 11) is 1.54. The number of carbonyl (C=O) groups excluding carboxylic acids is 2.